The Kier molecular flexibility index (Phi) is 3.09. The van der Waals surface area contributed by atoms with Crippen molar-refractivity contribution in [3.8, 4) is 0 Å². The third-order valence-electron chi connectivity index (χ3n) is 2.09. The molecule has 0 aromatic carbocycles. The zero-order valence-electron chi connectivity index (χ0n) is 7.16. The molecule has 5 heteroatoms. The van der Waals surface area contributed by atoms with Crippen LogP contribution in [0.25, 0.3) is 0 Å². The summed E-state index contributed by atoms with van der Waals surface area (Å²) in [4.78, 5) is 0. The van der Waals surface area contributed by atoms with Crippen LogP contribution in [0.5, 0.6) is 0 Å². The van der Waals surface area contributed by atoms with E-state index in [2.05, 4.69) is 4.72 Å². The lowest BCUT2D eigenvalue weighted by molar-refractivity contribution is 0.101. The first-order chi connectivity index (χ1) is 5.49. The molecule has 4 nitrogen and oxygen atoms in total. The summed E-state index contributed by atoms with van der Waals surface area (Å²) in [6, 6.07) is -0.270. The summed E-state index contributed by atoms with van der Waals surface area (Å²) < 4.78 is 24.1. The fraction of sp³-hybridized carbons (Fsp3) is 1.00. The molecule has 1 saturated carbocycles. The van der Waals surface area contributed by atoms with Crippen LogP contribution >= 0.6 is 0 Å². The van der Waals surface area contributed by atoms with Crippen molar-refractivity contribution in [3.63, 3.8) is 0 Å². The van der Waals surface area contributed by atoms with Gasteiger partial charge in [-0.2, -0.15) is 0 Å². The average molecular weight is 193 g/mol. The zero-order chi connectivity index (χ0) is 9.19. The molecule has 2 N–H and O–H groups in total. The van der Waals surface area contributed by atoms with Crippen molar-refractivity contribution >= 4 is 10.0 Å². The highest BCUT2D eigenvalue weighted by atomic mass is 32.2. The first-order valence-electron chi connectivity index (χ1n) is 4.14. The molecular formula is C7H15NO3S. The Morgan fingerprint density at radius 2 is 1.92 bits per heavy atom. The molecule has 2 atom stereocenters. The summed E-state index contributed by atoms with van der Waals surface area (Å²) in [6.07, 6.45) is 4.04. The van der Waals surface area contributed by atoms with Crippen LogP contribution in [0.4, 0.5) is 0 Å². The van der Waals surface area contributed by atoms with Crippen molar-refractivity contribution in [1.29, 1.82) is 0 Å². The minimum absolute atomic E-state index is 0.270. The summed E-state index contributed by atoms with van der Waals surface area (Å²) in [7, 11) is -3.17. The van der Waals surface area contributed by atoms with Crippen molar-refractivity contribution < 1.29 is 13.5 Å². The molecule has 1 aliphatic rings. The van der Waals surface area contributed by atoms with Gasteiger partial charge in [0.05, 0.1) is 12.4 Å². The number of nitrogens with one attached hydrogen (secondary N) is 1. The second-order valence-corrected chi connectivity index (χ2v) is 5.13. The molecule has 0 amide bonds. The van der Waals surface area contributed by atoms with E-state index in [0.717, 1.165) is 25.5 Å². The third-order valence-corrected chi connectivity index (χ3v) is 2.83. The molecule has 0 spiro atoms. The number of sulfonamides is 1. The highest BCUT2D eigenvalue weighted by Gasteiger charge is 2.25. The second-order valence-electron chi connectivity index (χ2n) is 3.35. The minimum atomic E-state index is -3.17. The van der Waals surface area contributed by atoms with E-state index in [-0.39, 0.29) is 6.04 Å². The predicted octanol–water partition coefficient (Wildman–Crippen LogP) is -0.161. The molecule has 0 bridgehead atoms. The smallest absolute Gasteiger partial charge is 0.209 e. The van der Waals surface area contributed by atoms with Crippen LogP contribution < -0.4 is 4.72 Å². The van der Waals surface area contributed by atoms with E-state index in [4.69, 9.17) is 0 Å². The van der Waals surface area contributed by atoms with E-state index in [1.807, 2.05) is 0 Å². The fourth-order valence-corrected chi connectivity index (χ4v) is 2.35. The van der Waals surface area contributed by atoms with Crippen LogP contribution in [0.1, 0.15) is 25.7 Å². The number of aliphatic hydroxyl groups is 1. The van der Waals surface area contributed by atoms with E-state index in [1.54, 1.807) is 0 Å². The highest BCUT2D eigenvalue weighted by Crippen LogP contribution is 2.18. The molecule has 1 aliphatic carbocycles. The molecule has 0 saturated heterocycles. The van der Waals surface area contributed by atoms with E-state index in [0.29, 0.717) is 6.42 Å². The van der Waals surface area contributed by atoms with Gasteiger partial charge in [-0.15, -0.1) is 0 Å². The number of hydrogen-bond donors (Lipinski definition) is 2. The van der Waals surface area contributed by atoms with E-state index < -0.39 is 16.1 Å². The summed E-state index contributed by atoms with van der Waals surface area (Å²) in [5.74, 6) is 0. The van der Waals surface area contributed by atoms with Crippen LogP contribution in [-0.4, -0.2) is 31.9 Å². The largest absolute Gasteiger partial charge is 0.391 e. The Balaban J connectivity index is 2.50. The number of hydrogen-bond acceptors (Lipinski definition) is 3. The summed E-state index contributed by atoms with van der Waals surface area (Å²) in [6.45, 7) is 0. The van der Waals surface area contributed by atoms with Crippen molar-refractivity contribution in [1.82, 2.24) is 4.72 Å². The summed E-state index contributed by atoms with van der Waals surface area (Å²) >= 11 is 0. The van der Waals surface area contributed by atoms with Gasteiger partial charge in [-0.05, 0) is 12.8 Å². The van der Waals surface area contributed by atoms with E-state index in [9.17, 15) is 13.5 Å². The SMILES string of the molecule is CS(=O)(=O)NC1CCCCC1O. The maximum Gasteiger partial charge on any atom is 0.209 e. The lowest BCUT2D eigenvalue weighted by Crippen LogP contribution is -2.44. The lowest BCUT2D eigenvalue weighted by atomic mass is 9.93. The highest BCUT2D eigenvalue weighted by molar-refractivity contribution is 7.88. The molecule has 0 aromatic rings. The van der Waals surface area contributed by atoms with Crippen LogP contribution in [0, 0.1) is 0 Å². The Hall–Kier alpha value is -0.130. The van der Waals surface area contributed by atoms with Crippen LogP contribution in [0.15, 0.2) is 0 Å². The third kappa shape index (κ3) is 3.08. The van der Waals surface area contributed by atoms with E-state index >= 15 is 0 Å². The summed E-state index contributed by atoms with van der Waals surface area (Å²) in [5.41, 5.74) is 0. The molecule has 0 aromatic heterocycles. The van der Waals surface area contributed by atoms with Gasteiger partial charge < -0.3 is 5.11 Å². The molecule has 0 heterocycles. The molecule has 1 rings (SSSR count). The standard InChI is InChI=1S/C7H15NO3S/c1-12(10,11)8-6-4-2-3-5-7(6)9/h6-9H,2-5H2,1H3. The molecule has 0 aliphatic heterocycles. The van der Waals surface area contributed by atoms with Crippen molar-refractivity contribution in [2.75, 3.05) is 6.26 Å². The Bertz CT molecular complexity index is 237. The number of rotatable bonds is 2. The van der Waals surface area contributed by atoms with Crippen LogP contribution in [0.2, 0.25) is 0 Å². The first kappa shape index (κ1) is 9.95. The van der Waals surface area contributed by atoms with Crippen molar-refractivity contribution in [2.24, 2.45) is 0 Å². The Morgan fingerprint density at radius 3 is 2.42 bits per heavy atom. The zero-order valence-corrected chi connectivity index (χ0v) is 7.97. The summed E-state index contributed by atoms with van der Waals surface area (Å²) in [5, 5.41) is 9.41. The molecule has 72 valence electrons. The monoisotopic (exact) mass is 193 g/mol. The Labute approximate surface area is 73.0 Å². The van der Waals surface area contributed by atoms with Gasteiger partial charge in [0.1, 0.15) is 0 Å². The van der Waals surface area contributed by atoms with Crippen molar-refractivity contribution in [3.05, 3.63) is 0 Å². The predicted molar refractivity (Wildman–Crippen MR) is 46.2 cm³/mol. The normalized spacial score (nSPS) is 31.8. The quantitative estimate of drug-likeness (QED) is 0.640. The second kappa shape index (κ2) is 3.72. The van der Waals surface area contributed by atoms with Crippen molar-refractivity contribution in [2.45, 2.75) is 37.8 Å². The lowest BCUT2D eigenvalue weighted by Gasteiger charge is -2.27. The maximum atomic E-state index is 10.8. The van der Waals surface area contributed by atoms with Gasteiger partial charge in [0.15, 0.2) is 0 Å². The van der Waals surface area contributed by atoms with E-state index in [1.165, 1.54) is 0 Å². The molecule has 1 fully saturated rings. The average Bonchev–Trinajstić information content (AvgIpc) is 1.91. The van der Waals surface area contributed by atoms with Gasteiger partial charge in [-0.1, -0.05) is 12.8 Å². The van der Waals surface area contributed by atoms with Gasteiger partial charge in [0, 0.05) is 6.04 Å². The van der Waals surface area contributed by atoms with Gasteiger partial charge in [0.25, 0.3) is 0 Å². The minimum Gasteiger partial charge on any atom is -0.391 e. The van der Waals surface area contributed by atoms with Gasteiger partial charge in [-0.25, -0.2) is 13.1 Å². The molecular weight excluding hydrogens is 178 g/mol. The first-order valence-corrected chi connectivity index (χ1v) is 6.03. The fourth-order valence-electron chi connectivity index (χ4n) is 1.52. The maximum absolute atomic E-state index is 10.8. The molecule has 2 unspecified atom stereocenters. The van der Waals surface area contributed by atoms with Crippen LogP contribution in [0.3, 0.4) is 0 Å². The van der Waals surface area contributed by atoms with Gasteiger partial charge in [0.2, 0.25) is 10.0 Å². The topological polar surface area (TPSA) is 66.4 Å². The Morgan fingerprint density at radius 1 is 1.33 bits per heavy atom. The number of aliphatic hydroxyl groups excluding tert-OH is 1. The van der Waals surface area contributed by atoms with Gasteiger partial charge >= 0.3 is 0 Å². The molecule has 0 radical (unpaired) electrons. The molecule has 12 heavy (non-hydrogen) atoms. The van der Waals surface area contributed by atoms with Crippen LogP contribution in [-0.2, 0) is 10.0 Å². The van der Waals surface area contributed by atoms with Gasteiger partial charge in [-0.3, -0.25) is 0 Å².